The van der Waals surface area contributed by atoms with Crippen molar-refractivity contribution in [1.82, 2.24) is 5.32 Å². The van der Waals surface area contributed by atoms with Crippen LogP contribution in [0.5, 0.6) is 0 Å². The second kappa shape index (κ2) is 4.51. The summed E-state index contributed by atoms with van der Waals surface area (Å²) in [5.41, 5.74) is 0. The van der Waals surface area contributed by atoms with Crippen LogP contribution in [0.15, 0.2) is 0 Å². The molecule has 0 spiro atoms. The molecule has 1 N–H and O–H groups in total. The third-order valence-corrected chi connectivity index (χ3v) is 7.00. The van der Waals surface area contributed by atoms with E-state index in [0.717, 1.165) is 41.5 Å². The average Bonchev–Trinajstić information content (AvgIpc) is 2.77. The number of hydrogen-bond donors (Lipinski definition) is 1. The zero-order valence-electron chi connectivity index (χ0n) is 11.9. The van der Waals surface area contributed by atoms with E-state index in [1.165, 1.54) is 19.3 Å². The van der Waals surface area contributed by atoms with E-state index < -0.39 is 0 Å². The molecule has 1 nitrogen and oxygen atoms in total. The van der Waals surface area contributed by atoms with Gasteiger partial charge in [-0.1, -0.05) is 19.3 Å². The molecule has 2 bridgehead atoms. The molecule has 0 aliphatic heterocycles. The van der Waals surface area contributed by atoms with Crippen LogP contribution in [0, 0.1) is 35.5 Å². The van der Waals surface area contributed by atoms with Gasteiger partial charge in [0.1, 0.15) is 0 Å². The molecule has 0 aromatic carbocycles. The van der Waals surface area contributed by atoms with E-state index in [1.807, 2.05) is 0 Å². The lowest BCUT2D eigenvalue weighted by Gasteiger charge is -2.27. The van der Waals surface area contributed by atoms with E-state index in [2.05, 4.69) is 12.4 Å². The molecule has 4 fully saturated rings. The van der Waals surface area contributed by atoms with Crippen LogP contribution in [0.3, 0.4) is 0 Å². The Morgan fingerprint density at radius 3 is 2.33 bits per heavy atom. The van der Waals surface area contributed by atoms with Crippen molar-refractivity contribution >= 4 is 0 Å². The first-order chi connectivity index (χ1) is 8.86. The van der Waals surface area contributed by atoms with Crippen molar-refractivity contribution in [1.29, 1.82) is 0 Å². The SMILES string of the molecule is CNC(CC1CC2CCC1C2)C1C2CCCCC21. The molecule has 4 aliphatic carbocycles. The number of hydrogen-bond acceptors (Lipinski definition) is 1. The summed E-state index contributed by atoms with van der Waals surface area (Å²) in [5.74, 6) is 6.63. The van der Waals surface area contributed by atoms with E-state index in [0.29, 0.717) is 0 Å². The summed E-state index contributed by atoms with van der Waals surface area (Å²) in [6.45, 7) is 0. The molecule has 18 heavy (non-hydrogen) atoms. The Morgan fingerprint density at radius 1 is 1.00 bits per heavy atom. The molecule has 0 amide bonds. The third kappa shape index (κ3) is 1.85. The molecule has 4 rings (SSSR count). The van der Waals surface area contributed by atoms with Gasteiger partial charge in [0.25, 0.3) is 0 Å². The Bertz CT molecular complexity index is 301. The minimum atomic E-state index is 0.863. The zero-order valence-corrected chi connectivity index (χ0v) is 11.9. The van der Waals surface area contributed by atoms with Gasteiger partial charge in [-0.25, -0.2) is 0 Å². The van der Waals surface area contributed by atoms with Crippen LogP contribution in [-0.4, -0.2) is 13.1 Å². The third-order valence-electron chi connectivity index (χ3n) is 7.00. The highest BCUT2D eigenvalue weighted by molar-refractivity contribution is 5.05. The summed E-state index contributed by atoms with van der Waals surface area (Å²) in [7, 11) is 2.22. The van der Waals surface area contributed by atoms with E-state index in [1.54, 1.807) is 38.5 Å². The van der Waals surface area contributed by atoms with Gasteiger partial charge in [0.05, 0.1) is 0 Å². The largest absolute Gasteiger partial charge is 0.317 e. The van der Waals surface area contributed by atoms with Crippen molar-refractivity contribution in [3.8, 4) is 0 Å². The second-order valence-corrected chi connectivity index (χ2v) is 7.76. The van der Waals surface area contributed by atoms with E-state index >= 15 is 0 Å². The van der Waals surface area contributed by atoms with E-state index in [-0.39, 0.29) is 0 Å². The molecule has 102 valence electrons. The number of rotatable bonds is 4. The van der Waals surface area contributed by atoms with Crippen molar-refractivity contribution in [3.63, 3.8) is 0 Å². The monoisotopic (exact) mass is 247 g/mol. The van der Waals surface area contributed by atoms with Crippen LogP contribution in [0.25, 0.3) is 0 Å². The van der Waals surface area contributed by atoms with Gasteiger partial charge in [0, 0.05) is 6.04 Å². The molecule has 1 heteroatoms. The fourth-order valence-corrected chi connectivity index (χ4v) is 6.10. The van der Waals surface area contributed by atoms with Gasteiger partial charge in [0.15, 0.2) is 0 Å². The van der Waals surface area contributed by atoms with E-state index in [9.17, 15) is 0 Å². The molecule has 0 heterocycles. The highest BCUT2D eigenvalue weighted by Gasteiger charge is 2.54. The van der Waals surface area contributed by atoms with Crippen molar-refractivity contribution in [2.75, 3.05) is 7.05 Å². The molecule has 0 aromatic heterocycles. The van der Waals surface area contributed by atoms with Crippen molar-refractivity contribution in [2.45, 2.75) is 63.8 Å². The maximum atomic E-state index is 3.71. The Labute approximate surface area is 112 Å². The lowest BCUT2D eigenvalue weighted by atomic mass is 9.83. The first kappa shape index (κ1) is 11.8. The maximum Gasteiger partial charge on any atom is 0.0101 e. The van der Waals surface area contributed by atoms with Crippen molar-refractivity contribution in [3.05, 3.63) is 0 Å². The lowest BCUT2D eigenvalue weighted by molar-refractivity contribution is 0.265. The Kier molecular flexibility index (Phi) is 2.94. The fourth-order valence-electron chi connectivity index (χ4n) is 6.10. The smallest absolute Gasteiger partial charge is 0.0101 e. The molecule has 4 saturated carbocycles. The van der Waals surface area contributed by atoms with Crippen LogP contribution in [-0.2, 0) is 0 Å². The minimum absolute atomic E-state index is 0.863. The number of nitrogens with one attached hydrogen (secondary N) is 1. The summed E-state index contributed by atoms with van der Waals surface area (Å²) >= 11 is 0. The molecule has 4 aliphatic rings. The summed E-state index contributed by atoms with van der Waals surface area (Å²) in [6, 6.07) is 0.863. The van der Waals surface area contributed by atoms with Gasteiger partial charge in [-0.3, -0.25) is 0 Å². The minimum Gasteiger partial charge on any atom is -0.317 e. The molecular formula is C17H29N. The van der Waals surface area contributed by atoms with Crippen molar-refractivity contribution < 1.29 is 0 Å². The molecule has 0 radical (unpaired) electrons. The molecule has 0 saturated heterocycles. The first-order valence-electron chi connectivity index (χ1n) is 8.54. The van der Waals surface area contributed by atoms with Gasteiger partial charge >= 0.3 is 0 Å². The second-order valence-electron chi connectivity index (χ2n) is 7.76. The predicted molar refractivity (Wildman–Crippen MR) is 75.3 cm³/mol. The lowest BCUT2D eigenvalue weighted by Crippen LogP contribution is -2.32. The highest BCUT2D eigenvalue weighted by atomic mass is 14.9. The van der Waals surface area contributed by atoms with Gasteiger partial charge in [-0.05, 0) is 81.1 Å². The van der Waals surface area contributed by atoms with Crippen LogP contribution < -0.4 is 5.32 Å². The summed E-state index contributed by atoms with van der Waals surface area (Å²) < 4.78 is 0. The first-order valence-corrected chi connectivity index (χ1v) is 8.54. The molecule has 0 aromatic rings. The standard InChI is InChI=1S/C17H29N/c1-18-16(17-14-4-2-3-5-15(14)17)10-13-9-11-6-7-12(13)8-11/h11-18H,2-10H2,1H3. The summed E-state index contributed by atoms with van der Waals surface area (Å²) in [5, 5.41) is 3.71. The summed E-state index contributed by atoms with van der Waals surface area (Å²) in [4.78, 5) is 0. The predicted octanol–water partition coefficient (Wildman–Crippen LogP) is 3.84. The highest BCUT2D eigenvalue weighted by Crippen LogP contribution is 2.59. The topological polar surface area (TPSA) is 12.0 Å². The number of fused-ring (bicyclic) bond motifs is 3. The average molecular weight is 247 g/mol. The summed E-state index contributed by atoms with van der Waals surface area (Å²) in [6.07, 6.45) is 13.9. The van der Waals surface area contributed by atoms with E-state index in [4.69, 9.17) is 0 Å². The molecule has 6 unspecified atom stereocenters. The van der Waals surface area contributed by atoms with Crippen LogP contribution >= 0.6 is 0 Å². The fraction of sp³-hybridized carbons (Fsp3) is 1.00. The maximum absolute atomic E-state index is 3.71. The van der Waals surface area contributed by atoms with Crippen LogP contribution in [0.4, 0.5) is 0 Å². The Morgan fingerprint density at radius 2 is 1.78 bits per heavy atom. The van der Waals surface area contributed by atoms with Crippen LogP contribution in [0.2, 0.25) is 0 Å². The van der Waals surface area contributed by atoms with Gasteiger partial charge < -0.3 is 5.32 Å². The Balaban J connectivity index is 1.37. The Hall–Kier alpha value is -0.0400. The molecular weight excluding hydrogens is 218 g/mol. The van der Waals surface area contributed by atoms with Gasteiger partial charge in [0.2, 0.25) is 0 Å². The van der Waals surface area contributed by atoms with Crippen LogP contribution in [0.1, 0.15) is 57.8 Å². The quantitative estimate of drug-likeness (QED) is 0.796. The van der Waals surface area contributed by atoms with Crippen molar-refractivity contribution in [2.24, 2.45) is 35.5 Å². The van der Waals surface area contributed by atoms with Gasteiger partial charge in [-0.15, -0.1) is 0 Å². The normalized spacial score (nSPS) is 51.2. The molecule has 6 atom stereocenters. The van der Waals surface area contributed by atoms with Gasteiger partial charge in [-0.2, -0.15) is 0 Å². The zero-order chi connectivity index (χ0) is 12.1.